The van der Waals surface area contributed by atoms with E-state index >= 15 is 0 Å². The number of piperidine rings is 1. The molecule has 5 nitrogen and oxygen atoms in total. The first-order chi connectivity index (χ1) is 14.6. The highest BCUT2D eigenvalue weighted by Gasteiger charge is 2.48. The monoisotopic (exact) mass is 409 g/mol. The highest BCUT2D eigenvalue weighted by atomic mass is 19.1. The zero-order valence-electron chi connectivity index (χ0n) is 17.4. The summed E-state index contributed by atoms with van der Waals surface area (Å²) in [6.07, 6.45) is 4.85. The number of fused-ring (bicyclic) bond motifs is 2. The van der Waals surface area contributed by atoms with Gasteiger partial charge in [-0.3, -0.25) is 4.90 Å². The van der Waals surface area contributed by atoms with Crippen LogP contribution in [0.5, 0.6) is 0 Å². The molecular formula is C24H28FN3O2. The van der Waals surface area contributed by atoms with E-state index < -0.39 is 5.85 Å². The van der Waals surface area contributed by atoms with Gasteiger partial charge in [-0.2, -0.15) is 0 Å². The summed E-state index contributed by atoms with van der Waals surface area (Å²) in [4.78, 5) is 4.41. The van der Waals surface area contributed by atoms with E-state index in [1.165, 1.54) is 18.6 Å². The molecule has 3 heterocycles. The normalized spacial score (nSPS) is 24.9. The molecule has 0 spiro atoms. The first-order valence-corrected chi connectivity index (χ1v) is 11.0. The quantitative estimate of drug-likeness (QED) is 0.668. The van der Waals surface area contributed by atoms with Gasteiger partial charge < -0.3 is 14.5 Å². The maximum Gasteiger partial charge on any atom is 0.198 e. The van der Waals surface area contributed by atoms with E-state index in [0.29, 0.717) is 12.0 Å². The number of benzene rings is 2. The summed E-state index contributed by atoms with van der Waals surface area (Å²) in [5, 5.41) is 17.3. The average molecular weight is 410 g/mol. The number of para-hydroxylation sites is 1. The molecule has 3 aromatic rings. The smallest absolute Gasteiger partial charge is 0.198 e. The molecule has 0 amide bonds. The number of nitrogens with zero attached hydrogens (tertiary/aromatic N) is 3. The van der Waals surface area contributed by atoms with Crippen molar-refractivity contribution in [1.29, 1.82) is 0 Å². The number of hydrogen-bond donors (Lipinski definition) is 1. The maximum atomic E-state index is 13.7. The van der Waals surface area contributed by atoms with Gasteiger partial charge in [0.05, 0.1) is 5.69 Å². The van der Waals surface area contributed by atoms with Gasteiger partial charge in [-0.25, -0.2) is 4.39 Å². The highest BCUT2D eigenvalue weighted by Crippen LogP contribution is 2.48. The summed E-state index contributed by atoms with van der Waals surface area (Å²) >= 11 is 0. The van der Waals surface area contributed by atoms with Crippen LogP contribution in [0, 0.1) is 5.82 Å². The molecule has 2 atom stereocenters. The third kappa shape index (κ3) is 3.10. The molecule has 5 rings (SSSR count). The third-order valence-corrected chi connectivity index (χ3v) is 6.61. The predicted molar refractivity (Wildman–Crippen MR) is 115 cm³/mol. The number of rotatable bonds is 4. The molecule has 158 valence electrons. The molecule has 6 heteroatoms. The number of anilines is 1. The average Bonchev–Trinajstić information content (AvgIpc) is 3.19. The van der Waals surface area contributed by atoms with E-state index in [9.17, 15) is 9.50 Å². The maximum absolute atomic E-state index is 13.7. The molecule has 2 aromatic carbocycles. The Bertz CT molecular complexity index is 1050. The van der Waals surface area contributed by atoms with Crippen molar-refractivity contribution >= 4 is 16.7 Å². The van der Waals surface area contributed by atoms with Crippen molar-refractivity contribution in [3.8, 4) is 0 Å². The summed E-state index contributed by atoms with van der Waals surface area (Å²) in [7, 11) is 0. The van der Waals surface area contributed by atoms with Gasteiger partial charge in [0.15, 0.2) is 11.4 Å². The van der Waals surface area contributed by atoms with Crippen molar-refractivity contribution in [3.63, 3.8) is 0 Å². The van der Waals surface area contributed by atoms with E-state index in [2.05, 4.69) is 34.0 Å². The lowest BCUT2D eigenvalue weighted by atomic mass is 9.82. The largest absolute Gasteiger partial charge is 0.358 e. The van der Waals surface area contributed by atoms with Crippen LogP contribution in [0.25, 0.3) is 11.0 Å². The Balaban J connectivity index is 1.66. The molecule has 30 heavy (non-hydrogen) atoms. The lowest BCUT2D eigenvalue weighted by Crippen LogP contribution is -2.65. The SMILES string of the molecule is CCCN1c2ccccc2C(c2noc3cc(F)ccc23)CC1(O)N1CCCCC1. The number of hydrogen-bond acceptors (Lipinski definition) is 5. The van der Waals surface area contributed by atoms with E-state index in [1.807, 2.05) is 12.1 Å². The van der Waals surface area contributed by atoms with Crippen LogP contribution in [0.2, 0.25) is 0 Å². The van der Waals surface area contributed by atoms with E-state index in [-0.39, 0.29) is 11.7 Å². The van der Waals surface area contributed by atoms with Crippen LogP contribution in [-0.2, 0) is 0 Å². The topological polar surface area (TPSA) is 52.7 Å². The second-order valence-electron chi connectivity index (χ2n) is 8.50. The summed E-state index contributed by atoms with van der Waals surface area (Å²) < 4.78 is 19.2. The second kappa shape index (κ2) is 7.67. The molecule has 1 fully saturated rings. The third-order valence-electron chi connectivity index (χ3n) is 6.61. The van der Waals surface area contributed by atoms with Gasteiger partial charge in [0, 0.05) is 49.1 Å². The number of aliphatic hydroxyl groups is 1. The highest BCUT2D eigenvalue weighted by molar-refractivity contribution is 5.81. The minimum atomic E-state index is -1.08. The predicted octanol–water partition coefficient (Wildman–Crippen LogP) is 4.85. The molecule has 1 N–H and O–H groups in total. The first kappa shape index (κ1) is 19.5. The van der Waals surface area contributed by atoms with E-state index in [1.54, 1.807) is 6.07 Å². The van der Waals surface area contributed by atoms with Crippen LogP contribution in [0.3, 0.4) is 0 Å². The zero-order chi connectivity index (χ0) is 20.7. The second-order valence-corrected chi connectivity index (χ2v) is 8.50. The standard InChI is InChI=1S/C24H28FN3O2/c1-2-12-28-21-9-5-4-8-18(21)20(16-24(28,29)27-13-6-3-7-14-27)23-19-11-10-17(25)15-22(19)30-26-23/h4-5,8-11,15,20,29H,2-3,6-7,12-14,16H2,1H3. The van der Waals surface area contributed by atoms with Gasteiger partial charge in [-0.1, -0.05) is 36.7 Å². The summed E-state index contributed by atoms with van der Waals surface area (Å²) in [5.74, 6) is -1.55. The molecule has 0 bridgehead atoms. The van der Waals surface area contributed by atoms with Crippen LogP contribution in [0.1, 0.15) is 56.2 Å². The minimum Gasteiger partial charge on any atom is -0.358 e. The van der Waals surface area contributed by atoms with Crippen molar-refractivity contribution in [2.24, 2.45) is 0 Å². The minimum absolute atomic E-state index is 0.132. The molecular weight excluding hydrogens is 381 g/mol. The molecule has 0 saturated carbocycles. The molecule has 0 aliphatic carbocycles. The Morgan fingerprint density at radius 2 is 1.97 bits per heavy atom. The number of halogens is 1. The van der Waals surface area contributed by atoms with Gasteiger partial charge in [-0.15, -0.1) is 0 Å². The van der Waals surface area contributed by atoms with Crippen molar-refractivity contribution in [2.45, 2.75) is 50.8 Å². The Kier molecular flexibility index (Phi) is 4.99. The number of likely N-dealkylation sites (tertiary alicyclic amines) is 1. The lowest BCUT2D eigenvalue weighted by Gasteiger charge is -2.54. The van der Waals surface area contributed by atoms with Gasteiger partial charge in [0.25, 0.3) is 0 Å². The summed E-state index contributed by atoms with van der Waals surface area (Å²) in [5.41, 5.74) is 3.39. The van der Waals surface area contributed by atoms with Crippen molar-refractivity contribution in [3.05, 3.63) is 59.5 Å². The van der Waals surface area contributed by atoms with Crippen LogP contribution in [0.15, 0.2) is 47.0 Å². The van der Waals surface area contributed by atoms with Crippen molar-refractivity contribution in [1.82, 2.24) is 10.1 Å². The van der Waals surface area contributed by atoms with Crippen molar-refractivity contribution < 1.29 is 14.0 Å². The van der Waals surface area contributed by atoms with Crippen LogP contribution < -0.4 is 4.90 Å². The zero-order valence-corrected chi connectivity index (χ0v) is 17.4. The van der Waals surface area contributed by atoms with Gasteiger partial charge >= 0.3 is 0 Å². The summed E-state index contributed by atoms with van der Waals surface area (Å²) in [6.45, 7) is 4.69. The van der Waals surface area contributed by atoms with Gasteiger partial charge in [0.2, 0.25) is 0 Å². The van der Waals surface area contributed by atoms with Gasteiger partial charge in [0.1, 0.15) is 5.82 Å². The number of aromatic nitrogens is 1. The first-order valence-electron chi connectivity index (χ1n) is 11.0. The van der Waals surface area contributed by atoms with E-state index in [0.717, 1.165) is 61.2 Å². The Labute approximate surface area is 176 Å². The molecule has 1 saturated heterocycles. The molecule has 2 aliphatic rings. The fourth-order valence-corrected chi connectivity index (χ4v) is 5.22. The molecule has 0 radical (unpaired) electrons. The Hall–Kier alpha value is -2.44. The molecule has 2 aliphatic heterocycles. The van der Waals surface area contributed by atoms with Crippen molar-refractivity contribution in [2.75, 3.05) is 24.5 Å². The summed E-state index contributed by atoms with van der Waals surface area (Å²) in [6, 6.07) is 12.8. The Morgan fingerprint density at radius 3 is 2.77 bits per heavy atom. The van der Waals surface area contributed by atoms with Crippen LogP contribution >= 0.6 is 0 Å². The van der Waals surface area contributed by atoms with Crippen LogP contribution in [0.4, 0.5) is 10.1 Å². The fraction of sp³-hybridized carbons (Fsp3) is 0.458. The Morgan fingerprint density at radius 1 is 1.17 bits per heavy atom. The fourth-order valence-electron chi connectivity index (χ4n) is 5.22. The molecule has 1 aromatic heterocycles. The molecule has 2 unspecified atom stereocenters. The lowest BCUT2D eigenvalue weighted by molar-refractivity contribution is -0.128. The van der Waals surface area contributed by atoms with Crippen LogP contribution in [-0.4, -0.2) is 40.6 Å². The van der Waals surface area contributed by atoms with E-state index in [4.69, 9.17) is 4.52 Å². The van der Waals surface area contributed by atoms with Gasteiger partial charge in [-0.05, 0) is 43.0 Å².